The zero-order valence-corrected chi connectivity index (χ0v) is 12.5. The van der Waals surface area contributed by atoms with E-state index in [0.29, 0.717) is 17.5 Å². The highest BCUT2D eigenvalue weighted by Crippen LogP contribution is 2.21. The van der Waals surface area contributed by atoms with E-state index >= 15 is 0 Å². The summed E-state index contributed by atoms with van der Waals surface area (Å²) in [6.45, 7) is 3.91. The van der Waals surface area contributed by atoms with Gasteiger partial charge in [0.25, 0.3) is 0 Å². The molecule has 0 heterocycles. The normalized spacial score (nSPS) is 11.9. The summed E-state index contributed by atoms with van der Waals surface area (Å²) in [6.07, 6.45) is 1.43. The van der Waals surface area contributed by atoms with Crippen LogP contribution in [0.4, 0.5) is 0 Å². The lowest BCUT2D eigenvalue weighted by molar-refractivity contribution is -0.120. The summed E-state index contributed by atoms with van der Waals surface area (Å²) in [5, 5.41) is 0. The Bertz CT molecular complexity index is 629. The topological polar surface area (TPSA) is 34.1 Å². The molecule has 0 aliphatic carbocycles. The molecule has 0 aromatic heterocycles. The van der Waals surface area contributed by atoms with E-state index in [4.69, 9.17) is 0 Å². The number of rotatable bonds is 6. The molecule has 0 saturated carbocycles. The molecule has 0 aliphatic rings. The Hall–Kier alpha value is -2.22. The second-order valence-electron chi connectivity index (χ2n) is 5.26. The molecule has 0 fully saturated rings. The van der Waals surface area contributed by atoms with Crippen LogP contribution in [0.15, 0.2) is 54.6 Å². The van der Waals surface area contributed by atoms with Gasteiger partial charge in [0.15, 0.2) is 5.78 Å². The summed E-state index contributed by atoms with van der Waals surface area (Å²) in [5.41, 5.74) is 2.22. The minimum absolute atomic E-state index is 0.00686. The van der Waals surface area contributed by atoms with Crippen LogP contribution in [-0.4, -0.2) is 11.6 Å². The van der Waals surface area contributed by atoms with Gasteiger partial charge in [-0.1, -0.05) is 62.4 Å². The van der Waals surface area contributed by atoms with Crippen LogP contribution in [-0.2, 0) is 4.79 Å². The lowest BCUT2D eigenvalue weighted by Crippen LogP contribution is -2.10. The number of benzene rings is 2. The molecule has 0 radical (unpaired) electrons. The van der Waals surface area contributed by atoms with Gasteiger partial charge in [0.05, 0.1) is 0 Å². The van der Waals surface area contributed by atoms with Crippen LogP contribution < -0.4 is 0 Å². The van der Waals surface area contributed by atoms with Crippen molar-refractivity contribution in [2.24, 2.45) is 0 Å². The standard InChI is InChI=1S/C19H20O2/c1-3-8-18(20)14(2)16-11-7-12-17(13-16)19(21)15-9-5-4-6-10-15/h4-7,9-14H,3,8H2,1-2H3/t14-/m0/s1. The maximum absolute atomic E-state index is 12.4. The van der Waals surface area contributed by atoms with Gasteiger partial charge in [-0.25, -0.2) is 0 Å². The van der Waals surface area contributed by atoms with Crippen LogP contribution in [0.1, 0.15) is 54.1 Å². The molecule has 0 spiro atoms. The highest BCUT2D eigenvalue weighted by atomic mass is 16.1. The van der Waals surface area contributed by atoms with Crippen LogP contribution >= 0.6 is 0 Å². The third kappa shape index (κ3) is 3.66. The van der Waals surface area contributed by atoms with E-state index in [-0.39, 0.29) is 17.5 Å². The SMILES string of the molecule is CCCC(=O)[C@@H](C)c1cccc(C(=O)c2ccccc2)c1. The second kappa shape index (κ2) is 6.98. The van der Waals surface area contributed by atoms with Crippen molar-refractivity contribution in [2.45, 2.75) is 32.6 Å². The number of Topliss-reactive ketones (excluding diaryl/α,β-unsaturated/α-hetero) is 1. The zero-order valence-electron chi connectivity index (χ0n) is 12.5. The van der Waals surface area contributed by atoms with Gasteiger partial charge in [-0.3, -0.25) is 9.59 Å². The average Bonchev–Trinajstić information content (AvgIpc) is 2.54. The third-order valence-corrected chi connectivity index (χ3v) is 3.66. The lowest BCUT2D eigenvalue weighted by Gasteiger charge is -2.11. The molecular weight excluding hydrogens is 260 g/mol. The summed E-state index contributed by atoms with van der Waals surface area (Å²) < 4.78 is 0. The van der Waals surface area contributed by atoms with Gasteiger partial charge in [-0.05, 0) is 18.1 Å². The fourth-order valence-corrected chi connectivity index (χ4v) is 2.35. The first-order valence-corrected chi connectivity index (χ1v) is 7.36. The molecule has 2 nitrogen and oxygen atoms in total. The summed E-state index contributed by atoms with van der Waals surface area (Å²) in [6, 6.07) is 16.6. The van der Waals surface area contributed by atoms with Crippen LogP contribution in [0.2, 0.25) is 0 Å². The molecule has 0 saturated heterocycles. The number of carbonyl (C=O) groups is 2. The molecule has 0 aliphatic heterocycles. The summed E-state index contributed by atoms with van der Waals surface area (Å²) in [7, 11) is 0. The Balaban J connectivity index is 2.26. The van der Waals surface area contributed by atoms with Crippen molar-refractivity contribution in [3.8, 4) is 0 Å². The van der Waals surface area contributed by atoms with E-state index in [9.17, 15) is 9.59 Å². The molecule has 0 amide bonds. The first-order chi connectivity index (χ1) is 10.1. The quantitative estimate of drug-likeness (QED) is 0.735. The minimum Gasteiger partial charge on any atom is -0.299 e. The fourth-order valence-electron chi connectivity index (χ4n) is 2.35. The molecule has 2 heteroatoms. The summed E-state index contributed by atoms with van der Waals surface area (Å²) in [4.78, 5) is 24.4. The zero-order chi connectivity index (χ0) is 15.2. The third-order valence-electron chi connectivity index (χ3n) is 3.66. The Morgan fingerprint density at radius 1 is 0.952 bits per heavy atom. The fraction of sp³-hybridized carbons (Fsp3) is 0.263. The van der Waals surface area contributed by atoms with Crippen molar-refractivity contribution < 1.29 is 9.59 Å². The van der Waals surface area contributed by atoms with E-state index in [1.807, 2.05) is 50.2 Å². The maximum atomic E-state index is 12.4. The molecule has 21 heavy (non-hydrogen) atoms. The smallest absolute Gasteiger partial charge is 0.193 e. The molecule has 0 N–H and O–H groups in total. The molecule has 0 bridgehead atoms. The predicted octanol–water partition coefficient (Wildman–Crippen LogP) is 4.39. The predicted molar refractivity (Wildman–Crippen MR) is 84.6 cm³/mol. The second-order valence-corrected chi connectivity index (χ2v) is 5.26. The van der Waals surface area contributed by atoms with Crippen molar-refractivity contribution >= 4 is 11.6 Å². The summed E-state index contributed by atoms with van der Waals surface area (Å²) in [5.74, 6) is 0.0582. The van der Waals surface area contributed by atoms with Gasteiger partial charge in [0, 0.05) is 23.5 Å². The highest BCUT2D eigenvalue weighted by molar-refractivity contribution is 6.09. The largest absolute Gasteiger partial charge is 0.299 e. The van der Waals surface area contributed by atoms with Crippen molar-refractivity contribution in [2.75, 3.05) is 0 Å². The van der Waals surface area contributed by atoms with Gasteiger partial charge < -0.3 is 0 Å². The molecule has 108 valence electrons. The van der Waals surface area contributed by atoms with E-state index < -0.39 is 0 Å². The molecular formula is C19H20O2. The van der Waals surface area contributed by atoms with E-state index in [1.54, 1.807) is 18.2 Å². The van der Waals surface area contributed by atoms with Crippen molar-refractivity contribution in [3.05, 3.63) is 71.3 Å². The maximum Gasteiger partial charge on any atom is 0.193 e. The van der Waals surface area contributed by atoms with Gasteiger partial charge >= 0.3 is 0 Å². The highest BCUT2D eigenvalue weighted by Gasteiger charge is 2.16. The van der Waals surface area contributed by atoms with E-state index in [1.165, 1.54) is 0 Å². The number of hydrogen-bond acceptors (Lipinski definition) is 2. The van der Waals surface area contributed by atoms with Crippen LogP contribution in [0.25, 0.3) is 0 Å². The van der Waals surface area contributed by atoms with Gasteiger partial charge in [0.2, 0.25) is 0 Å². The molecule has 0 unspecified atom stereocenters. The van der Waals surface area contributed by atoms with Crippen molar-refractivity contribution in [3.63, 3.8) is 0 Å². The first kappa shape index (κ1) is 15.2. The number of ketones is 2. The van der Waals surface area contributed by atoms with Crippen LogP contribution in [0.3, 0.4) is 0 Å². The lowest BCUT2D eigenvalue weighted by atomic mass is 9.91. The average molecular weight is 280 g/mol. The Morgan fingerprint density at radius 2 is 1.62 bits per heavy atom. The number of hydrogen-bond donors (Lipinski definition) is 0. The Kier molecular flexibility index (Phi) is 5.04. The van der Waals surface area contributed by atoms with Crippen molar-refractivity contribution in [1.29, 1.82) is 0 Å². The van der Waals surface area contributed by atoms with Gasteiger partial charge in [-0.2, -0.15) is 0 Å². The minimum atomic E-state index is -0.159. The molecule has 2 aromatic rings. The Morgan fingerprint density at radius 3 is 2.29 bits per heavy atom. The van der Waals surface area contributed by atoms with Crippen LogP contribution in [0, 0.1) is 0 Å². The summed E-state index contributed by atoms with van der Waals surface area (Å²) >= 11 is 0. The first-order valence-electron chi connectivity index (χ1n) is 7.36. The van der Waals surface area contributed by atoms with Crippen molar-refractivity contribution in [1.82, 2.24) is 0 Å². The Labute approximate surface area is 125 Å². The molecule has 2 aromatic carbocycles. The van der Waals surface area contributed by atoms with E-state index in [0.717, 1.165) is 12.0 Å². The number of carbonyl (C=O) groups excluding carboxylic acids is 2. The van der Waals surface area contributed by atoms with Gasteiger partial charge in [-0.15, -0.1) is 0 Å². The van der Waals surface area contributed by atoms with Gasteiger partial charge in [0.1, 0.15) is 5.78 Å². The monoisotopic (exact) mass is 280 g/mol. The van der Waals surface area contributed by atoms with Crippen LogP contribution in [0.5, 0.6) is 0 Å². The molecule has 2 rings (SSSR count). The molecule has 1 atom stereocenters. The van der Waals surface area contributed by atoms with E-state index in [2.05, 4.69) is 0 Å².